The number of carboxylic acid groups (broad SMARTS) is 1. The van der Waals surface area contributed by atoms with Crippen LogP contribution in [0.15, 0.2) is 53.4 Å². The minimum Gasteiger partial charge on any atom is -0.489 e. The molecule has 0 unspecified atom stereocenters. The summed E-state index contributed by atoms with van der Waals surface area (Å²) in [6, 6.07) is 13.1. The van der Waals surface area contributed by atoms with Gasteiger partial charge >= 0.3 is 11.5 Å². The molecule has 0 aliphatic carbocycles. The summed E-state index contributed by atoms with van der Waals surface area (Å²) in [6.45, 7) is 0.0216. The van der Waals surface area contributed by atoms with Crippen LogP contribution in [0.4, 0.5) is 13.2 Å². The number of aryl methyl sites for hydroxylation is 1. The molecule has 0 radical (unpaired) electrons. The lowest BCUT2D eigenvalue weighted by atomic mass is 10.1. The fourth-order valence-corrected chi connectivity index (χ4v) is 2.67. The van der Waals surface area contributed by atoms with Gasteiger partial charge in [0.15, 0.2) is 0 Å². The maximum Gasteiger partial charge on any atom is 0.446 e. The van der Waals surface area contributed by atoms with Crippen molar-refractivity contribution in [3.8, 4) is 5.75 Å². The molecule has 0 bridgehead atoms. The van der Waals surface area contributed by atoms with E-state index in [1.165, 1.54) is 6.07 Å². The number of hydrogen-bond acceptors (Lipinski definition) is 3. The molecule has 2 aromatic carbocycles. The van der Waals surface area contributed by atoms with Crippen LogP contribution in [0.2, 0.25) is 0 Å². The molecular weight excluding hydrogens is 341 g/mol. The minimum atomic E-state index is -4.35. The topological polar surface area (TPSA) is 46.5 Å². The number of halogens is 3. The first kappa shape index (κ1) is 18.2. The predicted octanol–water partition coefficient (Wildman–Crippen LogP) is 4.89. The van der Waals surface area contributed by atoms with E-state index in [1.54, 1.807) is 42.5 Å². The SMILES string of the molecule is O=C(O)CCc1ccc(OCc2ccccc2SC(F)(F)F)cc1. The van der Waals surface area contributed by atoms with Crippen LogP contribution in [0, 0.1) is 0 Å². The molecule has 0 spiro atoms. The van der Waals surface area contributed by atoms with E-state index in [0.717, 1.165) is 5.56 Å². The molecule has 0 amide bonds. The van der Waals surface area contributed by atoms with Crippen LogP contribution < -0.4 is 4.74 Å². The van der Waals surface area contributed by atoms with Crippen molar-refractivity contribution in [2.45, 2.75) is 29.9 Å². The second kappa shape index (κ2) is 8.10. The number of carbonyl (C=O) groups is 1. The van der Waals surface area contributed by atoms with Crippen molar-refractivity contribution in [1.29, 1.82) is 0 Å². The number of carboxylic acids is 1. The van der Waals surface area contributed by atoms with Crippen LogP contribution in [0.3, 0.4) is 0 Å². The first-order chi connectivity index (χ1) is 11.3. The summed E-state index contributed by atoms with van der Waals surface area (Å²) in [4.78, 5) is 10.6. The van der Waals surface area contributed by atoms with Crippen LogP contribution in [0.5, 0.6) is 5.75 Å². The molecule has 0 saturated heterocycles. The monoisotopic (exact) mass is 356 g/mol. The molecular formula is C17H15F3O3S. The van der Waals surface area contributed by atoms with Gasteiger partial charge in [0.2, 0.25) is 0 Å². The molecule has 7 heteroatoms. The summed E-state index contributed by atoms with van der Waals surface area (Å²) < 4.78 is 43.1. The minimum absolute atomic E-state index is 0.0216. The lowest BCUT2D eigenvalue weighted by Gasteiger charge is -2.12. The van der Waals surface area contributed by atoms with Crippen molar-refractivity contribution in [3.63, 3.8) is 0 Å². The number of alkyl halides is 3. The molecule has 0 aliphatic heterocycles. The average Bonchev–Trinajstić information content (AvgIpc) is 2.51. The Morgan fingerprint density at radius 3 is 2.38 bits per heavy atom. The predicted molar refractivity (Wildman–Crippen MR) is 85.1 cm³/mol. The van der Waals surface area contributed by atoms with E-state index in [2.05, 4.69) is 0 Å². The molecule has 0 aromatic heterocycles. The standard InChI is InChI=1S/C17H15F3O3S/c18-17(19,20)24-15-4-2-1-3-13(15)11-23-14-8-5-12(6-9-14)7-10-16(21)22/h1-6,8-9H,7,10-11H2,(H,21,22). The lowest BCUT2D eigenvalue weighted by Crippen LogP contribution is -2.03. The quantitative estimate of drug-likeness (QED) is 0.717. The molecule has 3 nitrogen and oxygen atoms in total. The third-order valence-corrected chi connectivity index (χ3v) is 3.99. The van der Waals surface area contributed by atoms with Gasteiger partial charge in [-0.3, -0.25) is 4.79 Å². The van der Waals surface area contributed by atoms with E-state index >= 15 is 0 Å². The van der Waals surface area contributed by atoms with Crippen molar-refractivity contribution < 1.29 is 27.8 Å². The van der Waals surface area contributed by atoms with E-state index in [9.17, 15) is 18.0 Å². The van der Waals surface area contributed by atoms with E-state index in [1.807, 2.05) is 0 Å². The Balaban J connectivity index is 1.97. The summed E-state index contributed by atoms with van der Waals surface area (Å²) in [5, 5.41) is 8.64. The fourth-order valence-electron chi connectivity index (χ4n) is 2.01. The molecule has 0 aliphatic rings. The molecule has 24 heavy (non-hydrogen) atoms. The summed E-state index contributed by atoms with van der Waals surface area (Å²) in [5.74, 6) is -0.352. The van der Waals surface area contributed by atoms with E-state index in [0.29, 0.717) is 17.7 Å². The summed E-state index contributed by atoms with van der Waals surface area (Å²) in [7, 11) is 0. The Morgan fingerprint density at radius 2 is 1.75 bits per heavy atom. The molecule has 0 fully saturated rings. The highest BCUT2D eigenvalue weighted by atomic mass is 32.2. The van der Waals surface area contributed by atoms with Gasteiger partial charge in [-0.25, -0.2) is 0 Å². The number of benzene rings is 2. The zero-order valence-corrected chi connectivity index (χ0v) is 13.4. The molecule has 2 aromatic rings. The Bertz CT molecular complexity index is 684. The van der Waals surface area contributed by atoms with Gasteiger partial charge in [0.1, 0.15) is 12.4 Å². The van der Waals surface area contributed by atoms with Crippen LogP contribution in [0.1, 0.15) is 17.5 Å². The number of hydrogen-bond donors (Lipinski definition) is 1. The van der Waals surface area contributed by atoms with Crippen LogP contribution >= 0.6 is 11.8 Å². The molecule has 0 saturated carbocycles. The van der Waals surface area contributed by atoms with Crippen LogP contribution in [-0.4, -0.2) is 16.6 Å². The first-order valence-electron chi connectivity index (χ1n) is 7.11. The van der Waals surface area contributed by atoms with Crippen LogP contribution in [0.25, 0.3) is 0 Å². The summed E-state index contributed by atoms with van der Waals surface area (Å²) >= 11 is -0.161. The Hall–Kier alpha value is -2.15. The highest BCUT2D eigenvalue weighted by molar-refractivity contribution is 8.00. The Kier molecular flexibility index (Phi) is 6.14. The van der Waals surface area contributed by atoms with Gasteiger partial charge in [-0.1, -0.05) is 30.3 Å². The number of thioether (sulfide) groups is 1. The van der Waals surface area contributed by atoms with E-state index in [4.69, 9.17) is 9.84 Å². The average molecular weight is 356 g/mol. The Morgan fingerprint density at radius 1 is 1.08 bits per heavy atom. The summed E-state index contributed by atoms with van der Waals surface area (Å²) in [5.41, 5.74) is -3.03. The van der Waals surface area contributed by atoms with Crippen molar-refractivity contribution in [2.75, 3.05) is 0 Å². The smallest absolute Gasteiger partial charge is 0.446 e. The van der Waals surface area contributed by atoms with Crippen molar-refractivity contribution in [1.82, 2.24) is 0 Å². The highest BCUT2D eigenvalue weighted by Crippen LogP contribution is 2.38. The van der Waals surface area contributed by atoms with Gasteiger partial charge in [-0.15, -0.1) is 0 Å². The molecule has 128 valence electrons. The number of aliphatic carboxylic acids is 1. The van der Waals surface area contributed by atoms with Gasteiger partial charge in [0, 0.05) is 16.9 Å². The third kappa shape index (κ3) is 6.16. The maximum absolute atomic E-state index is 12.5. The second-order valence-corrected chi connectivity index (χ2v) is 6.09. The second-order valence-electron chi connectivity index (χ2n) is 4.98. The van der Waals surface area contributed by atoms with Gasteiger partial charge < -0.3 is 9.84 Å². The van der Waals surface area contributed by atoms with Gasteiger partial charge in [-0.05, 0) is 41.9 Å². The number of rotatable bonds is 7. The Labute approximate surface area is 141 Å². The molecule has 0 atom stereocenters. The first-order valence-corrected chi connectivity index (χ1v) is 7.92. The zero-order chi connectivity index (χ0) is 17.6. The van der Waals surface area contributed by atoms with Crippen molar-refractivity contribution >= 4 is 17.7 Å². The van der Waals surface area contributed by atoms with E-state index < -0.39 is 11.5 Å². The summed E-state index contributed by atoms with van der Waals surface area (Å²) in [6.07, 6.45) is 0.461. The maximum atomic E-state index is 12.5. The molecule has 0 heterocycles. The van der Waals surface area contributed by atoms with Crippen molar-refractivity contribution in [2.24, 2.45) is 0 Å². The molecule has 2 rings (SSSR count). The van der Waals surface area contributed by atoms with E-state index in [-0.39, 0.29) is 29.7 Å². The van der Waals surface area contributed by atoms with Gasteiger partial charge in [0.25, 0.3) is 0 Å². The third-order valence-electron chi connectivity index (χ3n) is 3.14. The lowest BCUT2D eigenvalue weighted by molar-refractivity contribution is -0.136. The largest absolute Gasteiger partial charge is 0.489 e. The molecule has 1 N–H and O–H groups in total. The van der Waals surface area contributed by atoms with Gasteiger partial charge in [0.05, 0.1) is 0 Å². The highest BCUT2D eigenvalue weighted by Gasteiger charge is 2.30. The van der Waals surface area contributed by atoms with Crippen molar-refractivity contribution in [3.05, 3.63) is 59.7 Å². The van der Waals surface area contributed by atoms with Crippen LogP contribution in [-0.2, 0) is 17.8 Å². The number of ether oxygens (including phenoxy) is 1. The van der Waals surface area contributed by atoms with Gasteiger partial charge in [-0.2, -0.15) is 13.2 Å². The zero-order valence-electron chi connectivity index (χ0n) is 12.5. The fraction of sp³-hybridized carbons (Fsp3) is 0.235. The normalized spacial score (nSPS) is 11.3.